The predicted molar refractivity (Wildman–Crippen MR) is 55.7 cm³/mol. The summed E-state index contributed by atoms with van der Waals surface area (Å²) >= 11 is 2.10. The molecule has 0 heterocycles. The molecule has 0 saturated heterocycles. The minimum Gasteiger partial charge on any atom is -0.507 e. The maximum Gasteiger partial charge on any atom is 0.131 e. The van der Waals surface area contributed by atoms with Crippen molar-refractivity contribution in [2.24, 2.45) is 0 Å². The second-order valence-corrected chi connectivity index (χ2v) is 3.87. The van der Waals surface area contributed by atoms with Gasteiger partial charge in [0.15, 0.2) is 0 Å². The van der Waals surface area contributed by atoms with Crippen molar-refractivity contribution in [2.45, 2.75) is 6.92 Å². The van der Waals surface area contributed by atoms with E-state index >= 15 is 0 Å². The van der Waals surface area contributed by atoms with Crippen LogP contribution in [0.1, 0.15) is 12.5 Å². The molecule has 0 aliphatic heterocycles. The van der Waals surface area contributed by atoms with Crippen LogP contribution in [0.15, 0.2) is 33.9 Å². The molecular formula is C9H9IO. The first-order valence-corrected chi connectivity index (χ1v) is 4.40. The van der Waals surface area contributed by atoms with Crippen LogP contribution >= 0.6 is 22.6 Å². The number of rotatable bonds is 1. The molecule has 0 aliphatic rings. The van der Waals surface area contributed by atoms with Gasteiger partial charge in [-0.25, -0.2) is 0 Å². The molecule has 0 saturated carbocycles. The summed E-state index contributed by atoms with van der Waals surface area (Å²) in [6.45, 7) is 1.88. The summed E-state index contributed by atoms with van der Waals surface area (Å²) < 4.78 is 0.911. The van der Waals surface area contributed by atoms with Crippen LogP contribution in [0.3, 0.4) is 0 Å². The van der Waals surface area contributed by atoms with E-state index < -0.39 is 0 Å². The molecule has 11 heavy (non-hydrogen) atoms. The smallest absolute Gasteiger partial charge is 0.131 e. The zero-order valence-electron chi connectivity index (χ0n) is 6.21. The van der Waals surface area contributed by atoms with Crippen molar-refractivity contribution in [2.75, 3.05) is 0 Å². The van der Waals surface area contributed by atoms with Crippen molar-refractivity contribution >= 4 is 28.4 Å². The van der Waals surface area contributed by atoms with E-state index in [1.807, 2.05) is 37.3 Å². The third-order valence-electron chi connectivity index (χ3n) is 1.37. The molecule has 1 rings (SSSR count). The van der Waals surface area contributed by atoms with Gasteiger partial charge < -0.3 is 5.11 Å². The lowest BCUT2D eigenvalue weighted by molar-refractivity contribution is 0.510. The van der Waals surface area contributed by atoms with E-state index in [-0.39, 0.29) is 0 Å². The van der Waals surface area contributed by atoms with Gasteiger partial charge in [-0.3, -0.25) is 0 Å². The molecule has 1 aromatic rings. The van der Waals surface area contributed by atoms with E-state index in [4.69, 9.17) is 0 Å². The largest absolute Gasteiger partial charge is 0.507 e. The number of hydrogen-bond donors (Lipinski definition) is 1. The van der Waals surface area contributed by atoms with Crippen LogP contribution in [0.2, 0.25) is 0 Å². The van der Waals surface area contributed by atoms with Crippen molar-refractivity contribution in [1.29, 1.82) is 0 Å². The molecule has 1 N–H and O–H groups in total. The Kier molecular flexibility index (Phi) is 2.93. The molecule has 58 valence electrons. The van der Waals surface area contributed by atoms with Crippen LogP contribution < -0.4 is 0 Å². The second-order valence-electron chi connectivity index (χ2n) is 2.25. The molecule has 0 aromatic heterocycles. The molecule has 0 fully saturated rings. The molecule has 0 unspecified atom stereocenters. The molecule has 1 nitrogen and oxygen atoms in total. The van der Waals surface area contributed by atoms with Gasteiger partial charge in [0.2, 0.25) is 0 Å². The SMILES string of the molecule is C/C(I)=C(\O)c1ccccc1. The minimum atomic E-state index is 0.367. The highest BCUT2D eigenvalue weighted by atomic mass is 127. The third kappa shape index (κ3) is 2.22. The molecule has 0 spiro atoms. The van der Waals surface area contributed by atoms with E-state index in [0.717, 1.165) is 9.14 Å². The first kappa shape index (κ1) is 8.59. The summed E-state index contributed by atoms with van der Waals surface area (Å²) in [5.74, 6) is 0.367. The number of allylic oxidation sites excluding steroid dienone is 1. The molecule has 2 heteroatoms. The Morgan fingerprint density at radius 2 is 1.82 bits per heavy atom. The first-order valence-electron chi connectivity index (χ1n) is 3.32. The highest BCUT2D eigenvalue weighted by Crippen LogP contribution is 2.19. The van der Waals surface area contributed by atoms with Crippen molar-refractivity contribution in [3.8, 4) is 0 Å². The molecule has 1 aromatic carbocycles. The summed E-state index contributed by atoms with van der Waals surface area (Å²) in [5, 5.41) is 9.47. The number of aliphatic hydroxyl groups is 1. The van der Waals surface area contributed by atoms with Gasteiger partial charge in [0, 0.05) is 9.14 Å². The van der Waals surface area contributed by atoms with Gasteiger partial charge in [0.05, 0.1) is 0 Å². The summed E-state index contributed by atoms with van der Waals surface area (Å²) in [6.07, 6.45) is 0. The number of aliphatic hydroxyl groups excluding tert-OH is 1. The van der Waals surface area contributed by atoms with Gasteiger partial charge in [0.1, 0.15) is 5.76 Å². The van der Waals surface area contributed by atoms with Crippen LogP contribution in [-0.2, 0) is 0 Å². The van der Waals surface area contributed by atoms with Gasteiger partial charge in [-0.15, -0.1) is 0 Å². The lowest BCUT2D eigenvalue weighted by Crippen LogP contribution is -1.81. The van der Waals surface area contributed by atoms with Gasteiger partial charge in [-0.05, 0) is 29.5 Å². The van der Waals surface area contributed by atoms with E-state index in [0.29, 0.717) is 5.76 Å². The summed E-state index contributed by atoms with van der Waals surface area (Å²) in [5.41, 5.74) is 0.874. The first-order chi connectivity index (χ1) is 5.22. The Morgan fingerprint density at radius 3 is 2.27 bits per heavy atom. The minimum absolute atomic E-state index is 0.367. The van der Waals surface area contributed by atoms with Crippen LogP contribution in [0.25, 0.3) is 5.76 Å². The molecule has 0 aliphatic carbocycles. The predicted octanol–water partition coefficient (Wildman–Crippen LogP) is 3.37. The summed E-state index contributed by atoms with van der Waals surface area (Å²) in [7, 11) is 0. The second kappa shape index (κ2) is 3.76. The van der Waals surface area contributed by atoms with Gasteiger partial charge >= 0.3 is 0 Å². The average molecular weight is 260 g/mol. The Bertz CT molecular complexity index is 260. The van der Waals surface area contributed by atoms with Crippen molar-refractivity contribution in [3.05, 3.63) is 39.5 Å². The fraction of sp³-hybridized carbons (Fsp3) is 0.111. The van der Waals surface area contributed by atoms with Crippen molar-refractivity contribution in [3.63, 3.8) is 0 Å². The summed E-state index contributed by atoms with van der Waals surface area (Å²) in [4.78, 5) is 0. The lowest BCUT2D eigenvalue weighted by Gasteiger charge is -1.99. The maximum atomic E-state index is 9.47. The van der Waals surface area contributed by atoms with Gasteiger partial charge in [-0.1, -0.05) is 30.3 Å². The zero-order chi connectivity index (χ0) is 8.27. The molecule has 0 atom stereocenters. The fourth-order valence-corrected chi connectivity index (χ4v) is 1.11. The molecule has 0 bridgehead atoms. The van der Waals surface area contributed by atoms with E-state index in [9.17, 15) is 5.11 Å². The zero-order valence-corrected chi connectivity index (χ0v) is 8.37. The van der Waals surface area contributed by atoms with E-state index in [2.05, 4.69) is 22.6 Å². The van der Waals surface area contributed by atoms with Crippen molar-refractivity contribution < 1.29 is 5.11 Å². The molecule has 0 amide bonds. The van der Waals surface area contributed by atoms with E-state index in [1.165, 1.54) is 0 Å². The van der Waals surface area contributed by atoms with E-state index in [1.54, 1.807) is 0 Å². The Hall–Kier alpha value is -0.510. The van der Waals surface area contributed by atoms with Gasteiger partial charge in [0.25, 0.3) is 0 Å². The standard InChI is InChI=1S/C9H9IO/c1-7(10)9(11)8-5-3-2-4-6-8/h2-6,11H,1H3/b9-7+. The number of benzene rings is 1. The molecule has 0 radical (unpaired) electrons. The van der Waals surface area contributed by atoms with Gasteiger partial charge in [-0.2, -0.15) is 0 Å². The monoisotopic (exact) mass is 260 g/mol. The lowest BCUT2D eigenvalue weighted by atomic mass is 10.2. The third-order valence-corrected chi connectivity index (χ3v) is 1.88. The van der Waals surface area contributed by atoms with Crippen LogP contribution in [0.5, 0.6) is 0 Å². The Morgan fingerprint density at radius 1 is 1.27 bits per heavy atom. The quantitative estimate of drug-likeness (QED) is 0.606. The fourth-order valence-electron chi connectivity index (χ4n) is 0.795. The average Bonchev–Trinajstić information content (AvgIpc) is 2.05. The number of halogens is 1. The molecular weight excluding hydrogens is 251 g/mol. The summed E-state index contributed by atoms with van der Waals surface area (Å²) in [6, 6.07) is 9.52. The topological polar surface area (TPSA) is 20.2 Å². The Labute approximate surface area is 79.9 Å². The maximum absolute atomic E-state index is 9.47. The number of hydrogen-bond acceptors (Lipinski definition) is 1. The van der Waals surface area contributed by atoms with Crippen LogP contribution in [0, 0.1) is 0 Å². The normalized spacial score (nSPS) is 12.5. The van der Waals surface area contributed by atoms with Crippen LogP contribution in [-0.4, -0.2) is 5.11 Å². The van der Waals surface area contributed by atoms with Crippen LogP contribution in [0.4, 0.5) is 0 Å². The highest BCUT2D eigenvalue weighted by Gasteiger charge is 1.98. The highest BCUT2D eigenvalue weighted by molar-refractivity contribution is 14.1. The van der Waals surface area contributed by atoms with Crippen molar-refractivity contribution in [1.82, 2.24) is 0 Å². The Balaban J connectivity index is 3.04.